The number of hydrogen-bond acceptors (Lipinski definition) is 1. The molecule has 0 atom stereocenters. The zero-order valence-corrected chi connectivity index (χ0v) is 13.9. The monoisotopic (exact) mass is 318 g/mol. The number of halogens is 2. The summed E-state index contributed by atoms with van der Waals surface area (Å²) < 4.78 is 13.0. The van der Waals surface area contributed by atoms with Crippen LogP contribution in [0.5, 0.6) is 0 Å². The molecule has 2 aromatic carbocycles. The maximum atomic E-state index is 13.0. The Morgan fingerprint density at radius 3 is 2.55 bits per heavy atom. The van der Waals surface area contributed by atoms with Gasteiger partial charge in [-0.15, -0.1) is 0 Å². The quantitative estimate of drug-likeness (QED) is 0.560. The van der Waals surface area contributed by atoms with Gasteiger partial charge in [0.1, 0.15) is 5.82 Å². The zero-order chi connectivity index (χ0) is 16.1. The van der Waals surface area contributed by atoms with Gasteiger partial charge in [-0.25, -0.2) is 9.38 Å². The highest BCUT2D eigenvalue weighted by atomic mass is 35.5. The Labute approximate surface area is 136 Å². The van der Waals surface area contributed by atoms with Gasteiger partial charge in [-0.1, -0.05) is 23.7 Å². The first-order chi connectivity index (χ1) is 10.5. The van der Waals surface area contributed by atoms with Crippen molar-refractivity contribution in [1.82, 2.24) is 4.90 Å². The van der Waals surface area contributed by atoms with Crippen LogP contribution in [-0.2, 0) is 6.42 Å². The van der Waals surface area contributed by atoms with E-state index in [0.29, 0.717) is 11.4 Å². The molecule has 0 aliphatic rings. The summed E-state index contributed by atoms with van der Waals surface area (Å²) in [5.74, 6) is -0.228. The molecule has 0 aliphatic heterocycles. The summed E-state index contributed by atoms with van der Waals surface area (Å²) in [6.45, 7) is 4.96. The van der Waals surface area contributed by atoms with Crippen LogP contribution < -0.4 is 0 Å². The fraction of sp³-hybridized carbons (Fsp3) is 0.278. The largest absolute Gasteiger partial charge is 0.366 e. The highest BCUT2D eigenvalue weighted by Crippen LogP contribution is 2.30. The van der Waals surface area contributed by atoms with Crippen molar-refractivity contribution < 1.29 is 4.39 Å². The Balaban J connectivity index is 2.36. The van der Waals surface area contributed by atoms with Crippen molar-refractivity contribution >= 4 is 23.6 Å². The second-order valence-electron chi connectivity index (χ2n) is 5.35. The summed E-state index contributed by atoms with van der Waals surface area (Å²) in [5.41, 5.74) is 4.03. The van der Waals surface area contributed by atoms with Gasteiger partial charge in [-0.2, -0.15) is 0 Å². The molecule has 0 saturated heterocycles. The molecule has 0 aliphatic carbocycles. The van der Waals surface area contributed by atoms with E-state index in [4.69, 9.17) is 11.6 Å². The molecule has 0 heterocycles. The van der Waals surface area contributed by atoms with Gasteiger partial charge in [0.15, 0.2) is 0 Å². The summed E-state index contributed by atoms with van der Waals surface area (Å²) in [7, 11) is 1.98. The van der Waals surface area contributed by atoms with E-state index in [2.05, 4.69) is 11.9 Å². The number of hydrogen-bond donors (Lipinski definition) is 0. The number of nitrogens with zero attached hydrogens (tertiary/aromatic N) is 2. The van der Waals surface area contributed by atoms with Crippen molar-refractivity contribution in [3.8, 4) is 0 Å². The minimum atomic E-state index is -0.228. The van der Waals surface area contributed by atoms with Gasteiger partial charge in [-0.05, 0) is 61.2 Å². The van der Waals surface area contributed by atoms with Crippen molar-refractivity contribution in [2.24, 2.45) is 4.99 Å². The molecule has 2 rings (SSSR count). The molecular weight excluding hydrogens is 299 g/mol. The number of rotatable bonds is 5. The molecule has 0 N–H and O–H groups in total. The lowest BCUT2D eigenvalue weighted by atomic mass is 10.0. The van der Waals surface area contributed by atoms with E-state index in [0.717, 1.165) is 28.9 Å². The number of benzene rings is 2. The third-order valence-electron chi connectivity index (χ3n) is 3.53. The minimum Gasteiger partial charge on any atom is -0.366 e. The molecule has 0 aromatic heterocycles. The van der Waals surface area contributed by atoms with E-state index in [9.17, 15) is 4.39 Å². The van der Waals surface area contributed by atoms with Crippen molar-refractivity contribution in [2.75, 3.05) is 13.6 Å². The molecule has 0 bridgehead atoms. The summed E-state index contributed by atoms with van der Waals surface area (Å²) >= 11 is 6.18. The Hall–Kier alpha value is -1.87. The van der Waals surface area contributed by atoms with Crippen LogP contribution in [0.1, 0.15) is 23.6 Å². The summed E-state index contributed by atoms with van der Waals surface area (Å²) in [4.78, 5) is 6.61. The smallest absolute Gasteiger partial charge is 0.123 e. The van der Waals surface area contributed by atoms with E-state index in [1.54, 1.807) is 12.1 Å². The van der Waals surface area contributed by atoms with Crippen LogP contribution in [0.3, 0.4) is 0 Å². The molecule has 0 spiro atoms. The van der Waals surface area contributed by atoms with Gasteiger partial charge in [0.25, 0.3) is 0 Å². The lowest BCUT2D eigenvalue weighted by Gasteiger charge is -2.13. The summed E-state index contributed by atoms with van der Waals surface area (Å²) in [5, 5.41) is 0.692. The second-order valence-corrected chi connectivity index (χ2v) is 5.79. The van der Waals surface area contributed by atoms with Crippen molar-refractivity contribution in [1.29, 1.82) is 0 Å². The predicted octanol–water partition coefficient (Wildman–Crippen LogP) is 4.99. The van der Waals surface area contributed by atoms with Gasteiger partial charge in [0.2, 0.25) is 0 Å². The van der Waals surface area contributed by atoms with Crippen LogP contribution in [0.25, 0.3) is 0 Å². The van der Waals surface area contributed by atoms with Crippen molar-refractivity contribution in [3.63, 3.8) is 0 Å². The Morgan fingerprint density at radius 2 is 1.91 bits per heavy atom. The Morgan fingerprint density at radius 1 is 1.23 bits per heavy atom. The minimum absolute atomic E-state index is 0.228. The topological polar surface area (TPSA) is 15.6 Å². The maximum Gasteiger partial charge on any atom is 0.123 e. The van der Waals surface area contributed by atoms with Crippen molar-refractivity contribution in [3.05, 3.63) is 63.9 Å². The van der Waals surface area contributed by atoms with Gasteiger partial charge < -0.3 is 4.90 Å². The molecule has 2 aromatic rings. The zero-order valence-electron chi connectivity index (χ0n) is 13.1. The highest BCUT2D eigenvalue weighted by molar-refractivity contribution is 6.30. The lowest BCUT2D eigenvalue weighted by molar-refractivity contribution is 0.552. The molecule has 0 unspecified atom stereocenters. The fourth-order valence-corrected chi connectivity index (χ4v) is 2.48. The standard InChI is InChI=1S/C18H20ClFN2/c1-4-22(3)12-21-18-13(2)9-16(19)11-15(18)10-14-5-7-17(20)8-6-14/h5-9,11-12H,4,10H2,1-3H3. The summed E-state index contributed by atoms with van der Waals surface area (Å²) in [6.07, 6.45) is 2.49. The molecular formula is C18H20ClFN2. The predicted molar refractivity (Wildman–Crippen MR) is 91.9 cm³/mol. The second kappa shape index (κ2) is 7.41. The van der Waals surface area contributed by atoms with E-state index < -0.39 is 0 Å². The SMILES string of the molecule is CCN(C)C=Nc1c(C)cc(Cl)cc1Cc1ccc(F)cc1. The van der Waals surface area contributed by atoms with Crippen LogP contribution in [0.2, 0.25) is 5.02 Å². The van der Waals surface area contributed by atoms with Crippen LogP contribution in [-0.4, -0.2) is 24.8 Å². The number of aliphatic imine (C=N–C) groups is 1. The van der Waals surface area contributed by atoms with E-state index in [1.165, 1.54) is 12.1 Å². The number of aryl methyl sites for hydroxylation is 1. The first-order valence-electron chi connectivity index (χ1n) is 7.27. The van der Waals surface area contributed by atoms with E-state index in [1.807, 2.05) is 37.3 Å². The maximum absolute atomic E-state index is 13.0. The Kier molecular flexibility index (Phi) is 5.56. The molecule has 22 heavy (non-hydrogen) atoms. The lowest BCUT2D eigenvalue weighted by Crippen LogP contribution is -2.14. The Bertz CT molecular complexity index is 666. The van der Waals surface area contributed by atoms with E-state index >= 15 is 0 Å². The fourth-order valence-electron chi connectivity index (χ4n) is 2.18. The van der Waals surface area contributed by atoms with E-state index in [-0.39, 0.29) is 5.82 Å². The van der Waals surface area contributed by atoms with Crippen LogP contribution in [0.15, 0.2) is 41.4 Å². The molecule has 0 radical (unpaired) electrons. The molecule has 116 valence electrons. The average Bonchev–Trinajstić information content (AvgIpc) is 2.48. The van der Waals surface area contributed by atoms with Gasteiger partial charge in [0.05, 0.1) is 12.0 Å². The summed E-state index contributed by atoms with van der Waals surface area (Å²) in [6, 6.07) is 10.4. The van der Waals surface area contributed by atoms with Crippen LogP contribution >= 0.6 is 11.6 Å². The first kappa shape index (κ1) is 16.5. The molecule has 0 saturated carbocycles. The normalized spacial score (nSPS) is 11.1. The highest BCUT2D eigenvalue weighted by Gasteiger charge is 2.08. The van der Waals surface area contributed by atoms with Crippen LogP contribution in [0.4, 0.5) is 10.1 Å². The van der Waals surface area contributed by atoms with Gasteiger partial charge in [0, 0.05) is 18.6 Å². The average molecular weight is 319 g/mol. The van der Waals surface area contributed by atoms with Gasteiger partial charge >= 0.3 is 0 Å². The van der Waals surface area contributed by atoms with Gasteiger partial charge in [-0.3, -0.25) is 0 Å². The third kappa shape index (κ3) is 4.31. The van der Waals surface area contributed by atoms with Crippen molar-refractivity contribution in [2.45, 2.75) is 20.3 Å². The molecule has 2 nitrogen and oxygen atoms in total. The van der Waals surface area contributed by atoms with Crippen LogP contribution in [0, 0.1) is 12.7 Å². The molecule has 0 amide bonds. The third-order valence-corrected chi connectivity index (χ3v) is 3.75. The molecule has 0 fully saturated rings. The first-order valence-corrected chi connectivity index (χ1v) is 7.65. The molecule has 4 heteroatoms.